The normalized spacial score (nSPS) is 17.5. The second kappa shape index (κ2) is 5.19. The van der Waals surface area contributed by atoms with Crippen LogP contribution in [0.25, 0.3) is 0 Å². The summed E-state index contributed by atoms with van der Waals surface area (Å²) in [6, 6.07) is 7.79. The Hall–Kier alpha value is -0.690. The van der Waals surface area contributed by atoms with Crippen LogP contribution in [0.3, 0.4) is 0 Å². The molecule has 2 aromatic rings. The molecule has 1 unspecified atom stereocenters. The van der Waals surface area contributed by atoms with Crippen molar-refractivity contribution < 1.29 is 4.79 Å². The highest BCUT2D eigenvalue weighted by molar-refractivity contribution is 9.13. The third kappa shape index (κ3) is 2.48. The highest BCUT2D eigenvalue weighted by Gasteiger charge is 2.38. The molecular formula is C15H14Br2N2OS. The Labute approximate surface area is 144 Å². The summed E-state index contributed by atoms with van der Waals surface area (Å²) in [5.74, 6) is 0.0323. The first-order valence-electron chi connectivity index (χ1n) is 6.47. The van der Waals surface area contributed by atoms with Crippen molar-refractivity contribution in [3.63, 3.8) is 0 Å². The molecule has 21 heavy (non-hydrogen) atoms. The van der Waals surface area contributed by atoms with Gasteiger partial charge in [0.15, 0.2) is 0 Å². The lowest BCUT2D eigenvalue weighted by atomic mass is 9.84. The molecule has 3 rings (SSSR count). The Morgan fingerprint density at radius 1 is 1.29 bits per heavy atom. The lowest BCUT2D eigenvalue weighted by Gasteiger charge is -2.17. The number of benzene rings is 1. The van der Waals surface area contributed by atoms with E-state index in [4.69, 9.17) is 5.73 Å². The summed E-state index contributed by atoms with van der Waals surface area (Å²) in [5.41, 5.74) is 8.77. The molecule has 110 valence electrons. The van der Waals surface area contributed by atoms with Crippen molar-refractivity contribution in [1.29, 1.82) is 0 Å². The molecule has 2 heterocycles. The van der Waals surface area contributed by atoms with E-state index in [2.05, 4.69) is 37.2 Å². The molecule has 1 atom stereocenters. The van der Waals surface area contributed by atoms with E-state index < -0.39 is 5.41 Å². The predicted molar refractivity (Wildman–Crippen MR) is 93.8 cm³/mol. The summed E-state index contributed by atoms with van der Waals surface area (Å²) in [7, 11) is 0. The smallest absolute Gasteiger partial charge is 0.234 e. The zero-order valence-corrected chi connectivity index (χ0v) is 15.5. The molecule has 0 aliphatic carbocycles. The number of nitrogens with two attached hydrogens (primary N) is 1. The van der Waals surface area contributed by atoms with Gasteiger partial charge in [-0.1, -0.05) is 12.1 Å². The summed E-state index contributed by atoms with van der Waals surface area (Å²) in [6.45, 7) is 3.86. The van der Waals surface area contributed by atoms with Crippen LogP contribution in [0.15, 0.2) is 32.5 Å². The number of nitrogens with one attached hydrogen (secondary N) is 1. The number of anilines is 1. The lowest BCUT2D eigenvalue weighted by Crippen LogP contribution is -2.27. The Morgan fingerprint density at radius 3 is 2.62 bits per heavy atom. The van der Waals surface area contributed by atoms with Gasteiger partial charge in [0, 0.05) is 15.0 Å². The molecule has 0 spiro atoms. The van der Waals surface area contributed by atoms with Gasteiger partial charge in [-0.25, -0.2) is 0 Å². The first-order valence-corrected chi connectivity index (χ1v) is 8.87. The van der Waals surface area contributed by atoms with Gasteiger partial charge in [-0.15, -0.1) is 11.3 Å². The van der Waals surface area contributed by atoms with E-state index in [9.17, 15) is 4.79 Å². The second-order valence-corrected chi connectivity index (χ2v) is 8.89. The van der Waals surface area contributed by atoms with Crippen LogP contribution in [0.4, 0.5) is 5.69 Å². The van der Waals surface area contributed by atoms with Crippen molar-refractivity contribution in [2.45, 2.75) is 25.3 Å². The van der Waals surface area contributed by atoms with Crippen molar-refractivity contribution >= 4 is 54.8 Å². The fourth-order valence-corrected chi connectivity index (χ4v) is 4.58. The fraction of sp³-hybridized carbons (Fsp3) is 0.267. The number of carbonyl (C=O) groups is 1. The Balaban J connectivity index is 2.02. The minimum Gasteiger partial charge on any atom is -0.325 e. The summed E-state index contributed by atoms with van der Waals surface area (Å²) < 4.78 is 2.04. The quantitative estimate of drug-likeness (QED) is 0.735. The highest BCUT2D eigenvalue weighted by atomic mass is 79.9. The van der Waals surface area contributed by atoms with Gasteiger partial charge in [0.2, 0.25) is 5.91 Å². The van der Waals surface area contributed by atoms with Gasteiger partial charge in [-0.2, -0.15) is 0 Å². The maximum absolute atomic E-state index is 12.0. The molecule has 1 aliphatic heterocycles. The molecule has 0 fully saturated rings. The summed E-state index contributed by atoms with van der Waals surface area (Å²) in [5, 5.41) is 2.91. The molecule has 1 aromatic carbocycles. The number of rotatable bonds is 2. The molecule has 1 amide bonds. The van der Waals surface area contributed by atoms with Gasteiger partial charge in [-0.3, -0.25) is 4.79 Å². The largest absolute Gasteiger partial charge is 0.325 e. The van der Waals surface area contributed by atoms with Crippen molar-refractivity contribution in [2.24, 2.45) is 5.73 Å². The molecule has 3 nitrogen and oxygen atoms in total. The van der Waals surface area contributed by atoms with Crippen LogP contribution in [0.5, 0.6) is 0 Å². The van der Waals surface area contributed by atoms with E-state index in [1.54, 1.807) is 11.3 Å². The van der Waals surface area contributed by atoms with Crippen LogP contribution in [0, 0.1) is 0 Å². The Bertz CT molecular complexity index is 720. The Morgan fingerprint density at radius 2 is 2.00 bits per heavy atom. The van der Waals surface area contributed by atoms with Crippen LogP contribution >= 0.6 is 43.2 Å². The molecular weight excluding hydrogens is 416 g/mol. The number of halogens is 2. The maximum Gasteiger partial charge on any atom is 0.234 e. The maximum atomic E-state index is 12.0. The van der Waals surface area contributed by atoms with Crippen LogP contribution < -0.4 is 11.1 Å². The minimum absolute atomic E-state index is 0.0323. The molecule has 0 radical (unpaired) electrons. The topological polar surface area (TPSA) is 55.1 Å². The molecule has 0 saturated carbocycles. The zero-order valence-electron chi connectivity index (χ0n) is 11.5. The fourth-order valence-electron chi connectivity index (χ4n) is 2.46. The first kappa shape index (κ1) is 15.2. The average molecular weight is 430 g/mol. The number of fused-ring (bicyclic) bond motifs is 1. The lowest BCUT2D eigenvalue weighted by molar-refractivity contribution is -0.119. The van der Waals surface area contributed by atoms with Crippen LogP contribution in [-0.4, -0.2) is 5.91 Å². The van der Waals surface area contributed by atoms with Crippen molar-refractivity contribution in [3.8, 4) is 0 Å². The van der Waals surface area contributed by atoms with Crippen molar-refractivity contribution in [1.82, 2.24) is 0 Å². The number of carbonyl (C=O) groups excluding carboxylic acids is 1. The first-order chi connectivity index (χ1) is 9.80. The Kier molecular flexibility index (Phi) is 3.76. The van der Waals surface area contributed by atoms with Gasteiger partial charge in [-0.05, 0) is 69.0 Å². The third-order valence-electron chi connectivity index (χ3n) is 3.86. The number of hydrogen-bond donors (Lipinski definition) is 2. The SMILES string of the molecule is CC1(C)C(=O)Nc2ccc(C(N)c3cc(Br)c(Br)s3)cc21. The highest BCUT2D eigenvalue weighted by Crippen LogP contribution is 2.41. The number of hydrogen-bond acceptors (Lipinski definition) is 3. The molecule has 0 bridgehead atoms. The minimum atomic E-state index is -0.512. The molecule has 1 aliphatic rings. The van der Waals surface area contributed by atoms with Gasteiger partial charge in [0.05, 0.1) is 15.2 Å². The van der Waals surface area contributed by atoms with E-state index in [1.165, 1.54) is 0 Å². The molecule has 0 saturated heterocycles. The van der Waals surface area contributed by atoms with E-state index in [-0.39, 0.29) is 11.9 Å². The molecule has 1 aromatic heterocycles. The summed E-state index contributed by atoms with van der Waals surface area (Å²) >= 11 is 8.59. The van der Waals surface area contributed by atoms with Gasteiger partial charge < -0.3 is 11.1 Å². The third-order valence-corrected chi connectivity index (χ3v) is 7.20. The van der Waals surface area contributed by atoms with E-state index in [0.717, 1.165) is 30.0 Å². The predicted octanol–water partition coefficient (Wildman–Crippen LogP) is 4.55. The standard InChI is InChI=1S/C15H14Br2N2OS/c1-15(2)8-5-7(3-4-10(8)19-14(15)20)12(18)11-6-9(16)13(17)21-11/h3-6,12H,18H2,1-2H3,(H,19,20). The van der Waals surface area contributed by atoms with Crippen LogP contribution in [-0.2, 0) is 10.2 Å². The van der Waals surface area contributed by atoms with Gasteiger partial charge >= 0.3 is 0 Å². The van der Waals surface area contributed by atoms with Crippen LogP contribution in [0.1, 0.15) is 35.9 Å². The van der Waals surface area contributed by atoms with Crippen LogP contribution in [0.2, 0.25) is 0 Å². The summed E-state index contributed by atoms with van der Waals surface area (Å²) in [6.07, 6.45) is 0. The number of thiophene rings is 1. The van der Waals surface area contributed by atoms with Gasteiger partial charge in [0.1, 0.15) is 0 Å². The van der Waals surface area contributed by atoms with E-state index in [1.807, 2.05) is 38.1 Å². The number of amides is 1. The zero-order chi connectivity index (χ0) is 15.4. The molecule has 6 heteroatoms. The average Bonchev–Trinajstić information content (AvgIpc) is 2.88. The van der Waals surface area contributed by atoms with Crippen molar-refractivity contribution in [2.75, 3.05) is 5.32 Å². The van der Waals surface area contributed by atoms with E-state index >= 15 is 0 Å². The van der Waals surface area contributed by atoms with Gasteiger partial charge in [0.25, 0.3) is 0 Å². The molecule has 3 N–H and O–H groups in total. The monoisotopic (exact) mass is 428 g/mol. The summed E-state index contributed by atoms with van der Waals surface area (Å²) in [4.78, 5) is 13.1. The second-order valence-electron chi connectivity index (χ2n) is 5.63. The van der Waals surface area contributed by atoms with Crippen molar-refractivity contribution in [3.05, 3.63) is 48.5 Å². The van der Waals surface area contributed by atoms with E-state index in [0.29, 0.717) is 0 Å².